The minimum absolute atomic E-state index is 0.547. The first kappa shape index (κ1) is 18.5. The van der Waals surface area contributed by atoms with Crippen LogP contribution in [-0.4, -0.2) is 12.7 Å². The molecule has 2 fully saturated rings. The predicted molar refractivity (Wildman–Crippen MR) is 91.5 cm³/mol. The van der Waals surface area contributed by atoms with Crippen molar-refractivity contribution in [3.63, 3.8) is 0 Å². The van der Waals surface area contributed by atoms with Crippen molar-refractivity contribution in [3.8, 4) is 6.07 Å². The van der Waals surface area contributed by atoms with E-state index in [1.165, 1.54) is 51.0 Å². The topological polar surface area (TPSA) is 33.0 Å². The van der Waals surface area contributed by atoms with Gasteiger partial charge in [0, 0.05) is 7.11 Å². The van der Waals surface area contributed by atoms with E-state index in [2.05, 4.69) is 6.92 Å². The van der Waals surface area contributed by atoms with Crippen molar-refractivity contribution < 1.29 is 9.13 Å². The summed E-state index contributed by atoms with van der Waals surface area (Å²) in [4.78, 5) is 0. The fraction of sp³-hybridized carbons (Fsp3) is 0.850. The Balaban J connectivity index is 1.82. The van der Waals surface area contributed by atoms with Crippen LogP contribution in [-0.2, 0) is 4.74 Å². The Kier molecular flexibility index (Phi) is 7.09. The van der Waals surface area contributed by atoms with Crippen molar-refractivity contribution in [2.24, 2.45) is 17.8 Å². The molecule has 3 heteroatoms. The van der Waals surface area contributed by atoms with E-state index < -0.39 is 11.4 Å². The number of ether oxygens (including phenoxy) is 1. The molecule has 2 nitrogen and oxygen atoms in total. The van der Waals surface area contributed by atoms with Crippen molar-refractivity contribution in [3.05, 3.63) is 11.9 Å². The van der Waals surface area contributed by atoms with Crippen LogP contribution in [0, 0.1) is 29.1 Å². The maximum Gasteiger partial charge on any atom is 0.198 e. The van der Waals surface area contributed by atoms with Crippen LogP contribution in [0.25, 0.3) is 0 Å². The van der Waals surface area contributed by atoms with E-state index >= 15 is 0 Å². The Morgan fingerprint density at radius 3 is 2.30 bits per heavy atom. The number of nitriles is 1. The Morgan fingerprint density at radius 2 is 1.78 bits per heavy atom. The van der Waals surface area contributed by atoms with Crippen molar-refractivity contribution >= 4 is 0 Å². The molecule has 0 saturated heterocycles. The molecule has 2 aliphatic carbocycles. The van der Waals surface area contributed by atoms with Crippen LogP contribution in [0.15, 0.2) is 11.9 Å². The molecule has 0 atom stereocenters. The molecule has 0 N–H and O–H groups in total. The van der Waals surface area contributed by atoms with Crippen LogP contribution in [0.5, 0.6) is 0 Å². The predicted octanol–water partition coefficient (Wildman–Crippen LogP) is 5.94. The highest BCUT2D eigenvalue weighted by atomic mass is 19.1. The van der Waals surface area contributed by atoms with Gasteiger partial charge < -0.3 is 4.74 Å². The molecule has 0 aromatic heterocycles. The van der Waals surface area contributed by atoms with Crippen LogP contribution in [0.3, 0.4) is 0 Å². The Bertz CT molecular complexity index is 423. The highest BCUT2D eigenvalue weighted by Gasteiger charge is 2.37. The second-order valence-electron chi connectivity index (χ2n) is 7.63. The average Bonchev–Trinajstić information content (AvgIpc) is 2.61. The molecule has 23 heavy (non-hydrogen) atoms. The first-order valence-electron chi connectivity index (χ1n) is 9.46. The van der Waals surface area contributed by atoms with Gasteiger partial charge in [0.05, 0.1) is 5.60 Å². The summed E-state index contributed by atoms with van der Waals surface area (Å²) < 4.78 is 18.9. The van der Waals surface area contributed by atoms with Crippen LogP contribution < -0.4 is 0 Å². The standard InChI is InChI=1S/C20H32FNO/c1-3-4-5-16-6-8-17(9-7-16)18-10-12-20(23-2,13-11-18)14-19(21)15-22/h14,16-18H,3-13H2,1-2H3. The van der Waals surface area contributed by atoms with Crippen LogP contribution >= 0.6 is 0 Å². The van der Waals surface area contributed by atoms with E-state index in [-0.39, 0.29) is 0 Å². The minimum atomic E-state index is -0.707. The molecular weight excluding hydrogens is 289 g/mol. The second-order valence-corrected chi connectivity index (χ2v) is 7.63. The summed E-state index contributed by atoms with van der Waals surface area (Å²) in [6.45, 7) is 2.28. The quantitative estimate of drug-likeness (QED) is 0.567. The van der Waals surface area contributed by atoms with Gasteiger partial charge in [-0.1, -0.05) is 39.0 Å². The molecule has 130 valence electrons. The molecule has 0 radical (unpaired) electrons. The molecule has 0 heterocycles. The van der Waals surface area contributed by atoms with Crippen molar-refractivity contribution in [2.75, 3.05) is 7.11 Å². The van der Waals surface area contributed by atoms with Crippen molar-refractivity contribution in [2.45, 2.75) is 83.2 Å². The molecular formula is C20H32FNO. The smallest absolute Gasteiger partial charge is 0.198 e. The number of hydrogen-bond donors (Lipinski definition) is 0. The molecule has 0 spiro atoms. The lowest BCUT2D eigenvalue weighted by atomic mass is 9.67. The molecule has 2 saturated carbocycles. The van der Waals surface area contributed by atoms with E-state index in [1.807, 2.05) is 0 Å². The van der Waals surface area contributed by atoms with Gasteiger partial charge in [-0.05, 0) is 62.4 Å². The number of hydrogen-bond acceptors (Lipinski definition) is 2. The highest BCUT2D eigenvalue weighted by Crippen LogP contribution is 2.44. The number of rotatable bonds is 6. The van der Waals surface area contributed by atoms with Crippen LogP contribution in [0.4, 0.5) is 4.39 Å². The Hall–Kier alpha value is -0.880. The third-order valence-electron chi connectivity index (χ3n) is 6.30. The van der Waals surface area contributed by atoms with Crippen molar-refractivity contribution in [1.29, 1.82) is 5.26 Å². The maximum atomic E-state index is 13.4. The van der Waals surface area contributed by atoms with Gasteiger partial charge in [0.2, 0.25) is 0 Å². The Labute approximate surface area is 141 Å². The van der Waals surface area contributed by atoms with Gasteiger partial charge >= 0.3 is 0 Å². The SMILES string of the molecule is CCCCC1CCC(C2CCC(C=C(F)C#N)(OC)CC2)CC1. The van der Waals surface area contributed by atoms with E-state index in [4.69, 9.17) is 10.00 Å². The zero-order valence-corrected chi connectivity index (χ0v) is 14.8. The third kappa shape index (κ3) is 5.05. The largest absolute Gasteiger partial charge is 0.374 e. The third-order valence-corrected chi connectivity index (χ3v) is 6.30. The molecule has 2 aliphatic rings. The normalized spacial score (nSPS) is 35.7. The van der Waals surface area contributed by atoms with E-state index in [1.54, 1.807) is 13.2 Å². The molecule has 0 aromatic rings. The second kappa shape index (κ2) is 8.83. The lowest BCUT2D eigenvalue weighted by Crippen LogP contribution is -2.37. The average molecular weight is 321 g/mol. The number of nitrogens with zero attached hydrogens (tertiary/aromatic N) is 1. The molecule has 2 rings (SSSR count). The zero-order valence-electron chi connectivity index (χ0n) is 14.8. The maximum absolute atomic E-state index is 13.4. The van der Waals surface area contributed by atoms with Crippen LogP contribution in [0.2, 0.25) is 0 Å². The first-order valence-corrected chi connectivity index (χ1v) is 9.46. The van der Waals surface area contributed by atoms with Crippen molar-refractivity contribution in [1.82, 2.24) is 0 Å². The number of allylic oxidation sites excluding steroid dienone is 1. The summed E-state index contributed by atoms with van der Waals surface area (Å²) >= 11 is 0. The van der Waals surface area contributed by atoms with Gasteiger partial charge in [-0.2, -0.15) is 9.65 Å². The minimum Gasteiger partial charge on any atom is -0.374 e. The summed E-state index contributed by atoms with van der Waals surface area (Å²) in [5.41, 5.74) is -0.547. The number of methoxy groups -OCH3 is 1. The lowest BCUT2D eigenvalue weighted by molar-refractivity contribution is -0.0211. The van der Waals surface area contributed by atoms with Gasteiger partial charge in [0.1, 0.15) is 6.07 Å². The zero-order chi connectivity index (χ0) is 16.7. The summed E-state index contributed by atoms with van der Waals surface area (Å²) in [7, 11) is 1.64. The van der Waals surface area contributed by atoms with Gasteiger partial charge in [-0.15, -0.1) is 0 Å². The molecule has 0 bridgehead atoms. The molecule has 0 aliphatic heterocycles. The summed E-state index contributed by atoms with van der Waals surface area (Å²) in [6.07, 6.45) is 15.0. The Morgan fingerprint density at radius 1 is 1.17 bits per heavy atom. The number of unbranched alkanes of at least 4 members (excludes halogenated alkanes) is 1. The summed E-state index contributed by atoms with van der Waals surface area (Å²) in [5.74, 6) is 1.87. The number of halogens is 1. The van der Waals surface area contributed by atoms with E-state index in [0.717, 1.165) is 43.4 Å². The fourth-order valence-electron chi connectivity index (χ4n) is 4.71. The van der Waals surface area contributed by atoms with Gasteiger partial charge in [0.15, 0.2) is 5.83 Å². The van der Waals surface area contributed by atoms with Gasteiger partial charge in [0.25, 0.3) is 0 Å². The summed E-state index contributed by atoms with van der Waals surface area (Å²) in [6, 6.07) is 1.58. The highest BCUT2D eigenvalue weighted by molar-refractivity contribution is 5.19. The first-order chi connectivity index (χ1) is 11.1. The van der Waals surface area contributed by atoms with Gasteiger partial charge in [-0.25, -0.2) is 0 Å². The van der Waals surface area contributed by atoms with E-state index in [9.17, 15) is 4.39 Å². The molecule has 0 amide bonds. The van der Waals surface area contributed by atoms with Crippen LogP contribution in [0.1, 0.15) is 77.6 Å². The lowest BCUT2D eigenvalue weighted by Gasteiger charge is -2.41. The summed E-state index contributed by atoms with van der Waals surface area (Å²) in [5, 5.41) is 8.67. The molecule has 0 unspecified atom stereocenters. The molecule has 0 aromatic carbocycles. The monoisotopic (exact) mass is 321 g/mol. The van der Waals surface area contributed by atoms with E-state index in [0.29, 0.717) is 0 Å². The fourth-order valence-corrected chi connectivity index (χ4v) is 4.71. The van der Waals surface area contributed by atoms with Gasteiger partial charge in [-0.3, -0.25) is 0 Å².